The molecule has 0 aromatic rings. The minimum atomic E-state index is -1.33. The third kappa shape index (κ3) is 3.78. The van der Waals surface area contributed by atoms with Gasteiger partial charge in [0, 0.05) is 41.6 Å². The monoisotopic (exact) mass is 431 g/mol. The van der Waals surface area contributed by atoms with Gasteiger partial charge in [-0.1, -0.05) is 6.92 Å². The topological polar surface area (TPSA) is 122 Å². The summed E-state index contributed by atoms with van der Waals surface area (Å²) in [5, 5.41) is 28.1. The van der Waals surface area contributed by atoms with E-state index in [0.717, 1.165) is 19.4 Å². The number of carboxylic acid groups (broad SMARTS) is 1. The van der Waals surface area contributed by atoms with Crippen molar-refractivity contribution in [1.82, 2.24) is 15.5 Å². The summed E-state index contributed by atoms with van der Waals surface area (Å²) in [6.45, 7) is 4.22. The van der Waals surface area contributed by atoms with Crippen molar-refractivity contribution in [1.29, 1.82) is 0 Å². The van der Waals surface area contributed by atoms with Crippen LogP contribution < -0.4 is 45.3 Å². The first-order valence-corrected chi connectivity index (χ1v) is 10.7. The van der Waals surface area contributed by atoms with E-state index in [9.17, 15) is 24.6 Å². The SMILES string of the molecule is CNC(=O)[C@@H]1C[C@H]1[C@@H]1C[C@H](SC2=C(C(=O)[O-])N3C(=O)[C@H]([C@@H](C)O)[C@H]3[C@H]2C)CN1.[Na+]. The Bertz CT molecular complexity index is 760. The zero-order chi connectivity index (χ0) is 20.3. The fraction of sp³-hybridized carbons (Fsp3) is 0.737. The van der Waals surface area contributed by atoms with Crippen molar-refractivity contribution < 1.29 is 54.2 Å². The van der Waals surface area contributed by atoms with Gasteiger partial charge >= 0.3 is 29.6 Å². The third-order valence-corrected chi connectivity index (χ3v) is 8.17. The molecular weight excluding hydrogens is 405 g/mol. The van der Waals surface area contributed by atoms with E-state index >= 15 is 0 Å². The van der Waals surface area contributed by atoms with E-state index in [2.05, 4.69) is 10.6 Å². The van der Waals surface area contributed by atoms with Crippen LogP contribution in [-0.4, -0.2) is 64.8 Å². The molecule has 0 bridgehead atoms. The number of rotatable bonds is 6. The molecule has 1 aliphatic carbocycles. The van der Waals surface area contributed by atoms with Crippen LogP contribution in [0, 0.1) is 23.7 Å². The van der Waals surface area contributed by atoms with Crippen molar-refractivity contribution in [3.05, 3.63) is 10.6 Å². The van der Waals surface area contributed by atoms with Gasteiger partial charge in [0.25, 0.3) is 0 Å². The van der Waals surface area contributed by atoms with Gasteiger partial charge in [-0.2, -0.15) is 0 Å². The molecule has 4 rings (SSSR count). The number of carboxylic acids is 1. The molecule has 2 amide bonds. The molecule has 2 saturated heterocycles. The van der Waals surface area contributed by atoms with Gasteiger partial charge in [0.2, 0.25) is 11.8 Å². The first kappa shape index (κ1) is 23.1. The zero-order valence-corrected chi connectivity index (χ0v) is 20.0. The summed E-state index contributed by atoms with van der Waals surface area (Å²) in [4.78, 5) is 37.9. The molecule has 0 unspecified atom stereocenters. The predicted molar refractivity (Wildman–Crippen MR) is 100 cm³/mol. The molecule has 8 atom stereocenters. The molecule has 3 N–H and O–H groups in total. The number of aliphatic hydroxyl groups excluding tert-OH is 1. The van der Waals surface area contributed by atoms with Gasteiger partial charge in [-0.3, -0.25) is 9.59 Å². The van der Waals surface area contributed by atoms with Crippen molar-refractivity contribution in [2.24, 2.45) is 23.7 Å². The fourth-order valence-corrected chi connectivity index (χ4v) is 6.63. The molecule has 8 nitrogen and oxygen atoms in total. The first-order valence-electron chi connectivity index (χ1n) is 9.84. The van der Waals surface area contributed by atoms with Crippen LogP contribution in [0.5, 0.6) is 0 Å². The van der Waals surface area contributed by atoms with Gasteiger partial charge in [-0.15, -0.1) is 11.8 Å². The second-order valence-corrected chi connectivity index (χ2v) is 9.71. The summed E-state index contributed by atoms with van der Waals surface area (Å²) in [7, 11) is 1.65. The quantitative estimate of drug-likeness (QED) is 0.287. The minimum absolute atomic E-state index is 0. The summed E-state index contributed by atoms with van der Waals surface area (Å²) >= 11 is 1.51. The minimum Gasteiger partial charge on any atom is -0.543 e. The van der Waals surface area contributed by atoms with Crippen molar-refractivity contribution in [3.63, 3.8) is 0 Å². The molecule has 10 heteroatoms. The Morgan fingerprint density at radius 3 is 2.66 bits per heavy atom. The van der Waals surface area contributed by atoms with Crippen LogP contribution in [0.25, 0.3) is 0 Å². The summed E-state index contributed by atoms with van der Waals surface area (Å²) < 4.78 is 0. The Morgan fingerprint density at radius 2 is 2.07 bits per heavy atom. The van der Waals surface area contributed by atoms with Gasteiger partial charge in [0.1, 0.15) is 0 Å². The van der Waals surface area contributed by atoms with Crippen molar-refractivity contribution in [3.8, 4) is 0 Å². The molecule has 0 spiro atoms. The molecule has 3 fully saturated rings. The Balaban J connectivity index is 0.00000240. The van der Waals surface area contributed by atoms with Crippen LogP contribution in [-0.2, 0) is 14.4 Å². The Hall–Kier alpha value is -0.580. The summed E-state index contributed by atoms with van der Waals surface area (Å²) in [5.74, 6) is -1.89. The second kappa shape index (κ2) is 8.51. The van der Waals surface area contributed by atoms with E-state index in [0.29, 0.717) is 10.8 Å². The second-order valence-electron chi connectivity index (χ2n) is 8.36. The Labute approximate surface area is 196 Å². The van der Waals surface area contributed by atoms with Gasteiger partial charge < -0.3 is 30.5 Å². The van der Waals surface area contributed by atoms with Gasteiger partial charge in [-0.25, -0.2) is 0 Å². The number of nitrogens with one attached hydrogen (secondary N) is 2. The van der Waals surface area contributed by atoms with E-state index < -0.39 is 18.0 Å². The van der Waals surface area contributed by atoms with E-state index in [-0.39, 0.29) is 76.2 Å². The average Bonchev–Trinajstić information content (AvgIpc) is 3.23. The molecule has 1 saturated carbocycles. The van der Waals surface area contributed by atoms with Crippen LogP contribution in [0.1, 0.15) is 26.7 Å². The number of carbonyl (C=O) groups is 3. The molecule has 0 radical (unpaired) electrons. The smallest absolute Gasteiger partial charge is 0.543 e. The maximum atomic E-state index is 12.4. The number of thioether (sulfide) groups is 1. The standard InChI is InChI=1S/C19H27N3O5S.Na/c1-7-14-13(8(2)23)18(25)22(14)15(19(26)27)16(7)28-9-4-12(21-6-9)10-5-11(10)17(24)20-3;/h7-14,21,23H,4-6H2,1-3H3,(H,20,24)(H,26,27);/q;+1/p-1/t7-,8-,9+,10-,11-,12+,13-,14-;/m1./s1. The number of aliphatic hydroxyl groups is 1. The van der Waals surface area contributed by atoms with Gasteiger partial charge in [0.15, 0.2) is 0 Å². The molecule has 4 aliphatic rings. The summed E-state index contributed by atoms with van der Waals surface area (Å²) in [5.41, 5.74) is -0.0255. The molecule has 0 aromatic carbocycles. The number of β-lactam (4-membered cyclic amide) rings is 1. The van der Waals surface area contributed by atoms with Gasteiger partial charge in [0.05, 0.1) is 29.7 Å². The summed E-state index contributed by atoms with van der Waals surface area (Å²) in [6.07, 6.45) is 0.939. The number of amides is 2. The van der Waals surface area contributed by atoms with Crippen molar-refractivity contribution >= 4 is 29.5 Å². The number of nitrogens with zero attached hydrogens (tertiary/aromatic N) is 1. The normalized spacial score (nSPS) is 38.8. The molecule has 154 valence electrons. The van der Waals surface area contributed by atoms with Crippen LogP contribution in [0.3, 0.4) is 0 Å². The molecule has 3 heterocycles. The van der Waals surface area contributed by atoms with Crippen molar-refractivity contribution in [2.45, 2.75) is 50.1 Å². The Morgan fingerprint density at radius 1 is 1.38 bits per heavy atom. The van der Waals surface area contributed by atoms with Crippen LogP contribution in [0.15, 0.2) is 10.6 Å². The van der Waals surface area contributed by atoms with Crippen LogP contribution >= 0.6 is 11.8 Å². The first-order chi connectivity index (χ1) is 13.3. The predicted octanol–water partition coefficient (Wildman–Crippen LogP) is -4.34. The van der Waals surface area contributed by atoms with Crippen LogP contribution in [0.2, 0.25) is 0 Å². The average molecular weight is 431 g/mol. The maximum absolute atomic E-state index is 12.4. The maximum Gasteiger partial charge on any atom is 1.00 e. The number of hydrogen-bond acceptors (Lipinski definition) is 7. The molecule has 29 heavy (non-hydrogen) atoms. The molecular formula is C19H26N3NaO5S. The third-order valence-electron chi connectivity index (χ3n) is 6.66. The number of hydrogen-bond donors (Lipinski definition) is 3. The molecule has 3 aliphatic heterocycles. The zero-order valence-electron chi connectivity index (χ0n) is 17.2. The van der Waals surface area contributed by atoms with Gasteiger partial charge in [-0.05, 0) is 25.7 Å². The van der Waals surface area contributed by atoms with Crippen LogP contribution in [0.4, 0.5) is 0 Å². The summed E-state index contributed by atoms with van der Waals surface area (Å²) in [6, 6.07) is -0.0542. The number of carbonyl (C=O) groups excluding carboxylic acids is 3. The van der Waals surface area contributed by atoms with E-state index in [4.69, 9.17) is 0 Å². The van der Waals surface area contributed by atoms with E-state index in [1.807, 2.05) is 6.92 Å². The van der Waals surface area contributed by atoms with E-state index in [1.165, 1.54) is 16.7 Å². The number of fused-ring (bicyclic) bond motifs is 1. The molecule has 0 aromatic heterocycles. The Kier molecular flexibility index (Phi) is 6.78. The number of aliphatic carboxylic acids is 1. The van der Waals surface area contributed by atoms with Crippen molar-refractivity contribution in [2.75, 3.05) is 13.6 Å². The fourth-order valence-electron chi connectivity index (χ4n) is 5.14. The van der Waals surface area contributed by atoms with E-state index in [1.54, 1.807) is 14.0 Å². The largest absolute Gasteiger partial charge is 1.00 e.